The first kappa shape index (κ1) is 21.1. The van der Waals surface area contributed by atoms with Crippen LogP contribution < -0.4 is 10.9 Å². The predicted molar refractivity (Wildman–Crippen MR) is 120 cm³/mol. The van der Waals surface area contributed by atoms with Gasteiger partial charge in [-0.3, -0.25) is 9.59 Å². The van der Waals surface area contributed by atoms with Crippen molar-refractivity contribution in [2.24, 2.45) is 0 Å². The van der Waals surface area contributed by atoms with Crippen LogP contribution in [0, 0.1) is 12.7 Å². The topological polar surface area (TPSA) is 97.4 Å². The van der Waals surface area contributed by atoms with Crippen molar-refractivity contribution in [3.05, 3.63) is 87.9 Å². The molecule has 4 aromatic rings. The molecule has 0 aliphatic heterocycles. The number of nitrogens with one attached hydrogen (secondary N) is 1. The van der Waals surface area contributed by atoms with Crippen molar-refractivity contribution >= 4 is 16.7 Å². The summed E-state index contributed by atoms with van der Waals surface area (Å²) in [5, 5.41) is 17.4. The second-order valence-electron chi connectivity index (χ2n) is 8.51. The van der Waals surface area contributed by atoms with E-state index in [9.17, 15) is 19.1 Å². The van der Waals surface area contributed by atoms with E-state index in [1.165, 1.54) is 16.7 Å². The zero-order valence-corrected chi connectivity index (χ0v) is 17.9. The number of benzene rings is 2. The SMILES string of the molecule is Cc1nocc1-c1ccc2c(=O)n(Cc3cc(F)cc(C(=O)NC4CC(O)C4)c3)ccc2c1. The number of halogens is 1. The average molecular weight is 447 g/mol. The lowest BCUT2D eigenvalue weighted by Crippen LogP contribution is -2.46. The molecule has 168 valence electrons. The van der Waals surface area contributed by atoms with Crippen molar-refractivity contribution in [3.63, 3.8) is 0 Å². The van der Waals surface area contributed by atoms with Gasteiger partial charge in [0.1, 0.15) is 12.1 Å². The molecule has 8 heteroatoms. The second-order valence-corrected chi connectivity index (χ2v) is 8.51. The predicted octanol–water partition coefficient (Wildman–Crippen LogP) is 3.41. The fourth-order valence-corrected chi connectivity index (χ4v) is 4.19. The van der Waals surface area contributed by atoms with Crippen LogP contribution in [0.25, 0.3) is 21.9 Å². The Morgan fingerprint density at radius 1 is 1.24 bits per heavy atom. The largest absolute Gasteiger partial charge is 0.393 e. The first-order valence-corrected chi connectivity index (χ1v) is 10.7. The standard InChI is InChI=1S/C25H22FN3O4/c1-14-23(13-33-28-14)16-2-3-22-17(8-16)4-5-29(25(22)32)12-15-6-18(9-19(26)7-15)24(31)27-20-10-21(30)11-20/h2-9,13,20-21,30H,10-12H2,1H3,(H,27,31). The summed E-state index contributed by atoms with van der Waals surface area (Å²) in [5.41, 5.74) is 3.02. The summed E-state index contributed by atoms with van der Waals surface area (Å²) in [6.07, 6.45) is 3.84. The third kappa shape index (κ3) is 4.17. The molecule has 2 N–H and O–H groups in total. The molecule has 0 saturated heterocycles. The van der Waals surface area contributed by atoms with Gasteiger partial charge in [-0.05, 0) is 72.7 Å². The van der Waals surface area contributed by atoms with Crippen molar-refractivity contribution in [1.29, 1.82) is 0 Å². The Hall–Kier alpha value is -3.78. The number of amides is 1. The third-order valence-electron chi connectivity index (χ3n) is 6.06. The molecule has 2 heterocycles. The normalized spacial score (nSPS) is 17.7. The summed E-state index contributed by atoms with van der Waals surface area (Å²) < 4.78 is 20.7. The van der Waals surface area contributed by atoms with Crippen LogP contribution in [-0.2, 0) is 6.54 Å². The molecule has 0 atom stereocenters. The van der Waals surface area contributed by atoms with E-state index in [-0.39, 0.29) is 23.7 Å². The zero-order chi connectivity index (χ0) is 23.1. The summed E-state index contributed by atoms with van der Waals surface area (Å²) in [6, 6.07) is 11.3. The van der Waals surface area contributed by atoms with E-state index in [1.54, 1.807) is 24.6 Å². The van der Waals surface area contributed by atoms with Gasteiger partial charge in [-0.2, -0.15) is 0 Å². The number of carbonyl (C=O) groups is 1. The molecule has 0 bridgehead atoms. The lowest BCUT2D eigenvalue weighted by atomic mass is 9.89. The number of pyridine rings is 1. The van der Waals surface area contributed by atoms with Crippen molar-refractivity contribution in [2.75, 3.05) is 0 Å². The van der Waals surface area contributed by atoms with E-state index in [4.69, 9.17) is 4.52 Å². The summed E-state index contributed by atoms with van der Waals surface area (Å²) in [5.74, 6) is -0.941. The van der Waals surface area contributed by atoms with Crippen LogP contribution in [-0.4, -0.2) is 32.9 Å². The molecule has 2 aromatic heterocycles. The third-order valence-corrected chi connectivity index (χ3v) is 6.06. The maximum atomic E-state index is 14.2. The molecule has 0 radical (unpaired) electrons. The monoisotopic (exact) mass is 447 g/mol. The number of carbonyl (C=O) groups excluding carboxylic acids is 1. The fourth-order valence-electron chi connectivity index (χ4n) is 4.19. The van der Waals surface area contributed by atoms with E-state index < -0.39 is 17.8 Å². The van der Waals surface area contributed by atoms with E-state index in [1.807, 2.05) is 25.1 Å². The lowest BCUT2D eigenvalue weighted by molar-refractivity contribution is 0.0562. The number of nitrogens with zero attached hydrogens (tertiary/aromatic N) is 2. The van der Waals surface area contributed by atoms with Crippen LogP contribution in [0.3, 0.4) is 0 Å². The minimum absolute atomic E-state index is 0.103. The van der Waals surface area contributed by atoms with E-state index in [0.29, 0.717) is 23.8 Å². The summed E-state index contributed by atoms with van der Waals surface area (Å²) in [7, 11) is 0. The summed E-state index contributed by atoms with van der Waals surface area (Å²) in [6.45, 7) is 1.98. The molecule has 2 aromatic carbocycles. The number of aliphatic hydroxyl groups is 1. The molecule has 1 fully saturated rings. The van der Waals surface area contributed by atoms with Crippen molar-refractivity contribution in [1.82, 2.24) is 15.0 Å². The molecule has 1 amide bonds. The number of aryl methyl sites for hydroxylation is 1. The van der Waals surface area contributed by atoms with Gasteiger partial charge in [-0.1, -0.05) is 11.2 Å². The van der Waals surface area contributed by atoms with Crippen molar-refractivity contribution < 1.29 is 18.8 Å². The minimum atomic E-state index is -0.547. The molecule has 1 saturated carbocycles. The van der Waals surface area contributed by atoms with E-state index in [0.717, 1.165) is 22.2 Å². The number of hydrogen-bond acceptors (Lipinski definition) is 5. The summed E-state index contributed by atoms with van der Waals surface area (Å²) >= 11 is 0. The number of rotatable bonds is 5. The fraction of sp³-hybridized carbons (Fsp3) is 0.240. The highest BCUT2D eigenvalue weighted by Crippen LogP contribution is 2.25. The maximum absolute atomic E-state index is 14.2. The van der Waals surface area contributed by atoms with Crippen LogP contribution in [0.2, 0.25) is 0 Å². The minimum Gasteiger partial charge on any atom is -0.393 e. The Balaban J connectivity index is 1.41. The Morgan fingerprint density at radius 3 is 2.79 bits per heavy atom. The Labute approximate surface area is 188 Å². The number of hydrogen-bond donors (Lipinski definition) is 2. The van der Waals surface area contributed by atoms with Gasteiger partial charge in [0.05, 0.1) is 18.3 Å². The Morgan fingerprint density at radius 2 is 2.06 bits per heavy atom. The molecular weight excluding hydrogens is 425 g/mol. The smallest absolute Gasteiger partial charge is 0.258 e. The number of aliphatic hydroxyl groups excluding tert-OH is 1. The molecular formula is C25H22FN3O4. The highest BCUT2D eigenvalue weighted by molar-refractivity contribution is 5.94. The number of aromatic nitrogens is 2. The van der Waals surface area contributed by atoms with Gasteiger partial charge < -0.3 is 19.5 Å². The second kappa shape index (κ2) is 8.29. The van der Waals surface area contributed by atoms with Gasteiger partial charge in [0.25, 0.3) is 11.5 Å². The van der Waals surface area contributed by atoms with Gasteiger partial charge in [0, 0.05) is 28.8 Å². The first-order valence-electron chi connectivity index (χ1n) is 10.7. The Kier molecular flexibility index (Phi) is 5.30. The summed E-state index contributed by atoms with van der Waals surface area (Å²) in [4.78, 5) is 25.5. The molecule has 0 spiro atoms. The van der Waals surface area contributed by atoms with Crippen molar-refractivity contribution in [2.45, 2.75) is 38.5 Å². The van der Waals surface area contributed by atoms with Crippen LogP contribution in [0.15, 0.2) is 64.2 Å². The highest BCUT2D eigenvalue weighted by atomic mass is 19.1. The quantitative estimate of drug-likeness (QED) is 0.489. The molecule has 1 aliphatic rings. The van der Waals surface area contributed by atoms with Crippen LogP contribution in [0.5, 0.6) is 0 Å². The van der Waals surface area contributed by atoms with Gasteiger partial charge >= 0.3 is 0 Å². The lowest BCUT2D eigenvalue weighted by Gasteiger charge is -2.31. The molecule has 33 heavy (non-hydrogen) atoms. The molecule has 5 rings (SSSR count). The Bertz CT molecular complexity index is 1420. The molecule has 0 unspecified atom stereocenters. The van der Waals surface area contributed by atoms with Gasteiger partial charge in [-0.15, -0.1) is 0 Å². The van der Waals surface area contributed by atoms with Crippen molar-refractivity contribution in [3.8, 4) is 11.1 Å². The van der Waals surface area contributed by atoms with Crippen LogP contribution in [0.1, 0.15) is 34.5 Å². The highest BCUT2D eigenvalue weighted by Gasteiger charge is 2.28. The zero-order valence-electron chi connectivity index (χ0n) is 17.9. The molecule has 7 nitrogen and oxygen atoms in total. The average Bonchev–Trinajstić information content (AvgIpc) is 3.20. The van der Waals surface area contributed by atoms with E-state index in [2.05, 4.69) is 10.5 Å². The number of fused-ring (bicyclic) bond motifs is 1. The van der Waals surface area contributed by atoms with Gasteiger partial charge in [0.15, 0.2) is 0 Å². The van der Waals surface area contributed by atoms with Gasteiger partial charge in [-0.25, -0.2) is 4.39 Å². The first-order chi connectivity index (χ1) is 15.9. The van der Waals surface area contributed by atoms with E-state index >= 15 is 0 Å². The van der Waals surface area contributed by atoms with Crippen LogP contribution in [0.4, 0.5) is 4.39 Å². The molecule has 1 aliphatic carbocycles. The van der Waals surface area contributed by atoms with Crippen LogP contribution >= 0.6 is 0 Å². The maximum Gasteiger partial charge on any atom is 0.258 e. The van der Waals surface area contributed by atoms with Gasteiger partial charge in [0.2, 0.25) is 0 Å².